The zero-order valence-electron chi connectivity index (χ0n) is 8.16. The first kappa shape index (κ1) is 10.8. The molecule has 3 N–H and O–H groups in total. The molecule has 1 amide bonds. The van der Waals surface area contributed by atoms with Crippen molar-refractivity contribution < 1.29 is 9.21 Å². The van der Waals surface area contributed by atoms with Crippen LogP contribution in [0.5, 0.6) is 0 Å². The first-order valence-corrected chi connectivity index (χ1v) is 4.79. The Morgan fingerprint density at radius 2 is 2.36 bits per heavy atom. The zero-order valence-corrected chi connectivity index (χ0v) is 8.16. The van der Waals surface area contributed by atoms with Crippen LogP contribution in [-0.4, -0.2) is 12.5 Å². The molecular weight excluding hydrogens is 180 g/mol. The molecule has 14 heavy (non-hydrogen) atoms. The van der Waals surface area contributed by atoms with Crippen molar-refractivity contribution in [2.75, 3.05) is 6.54 Å². The summed E-state index contributed by atoms with van der Waals surface area (Å²) < 4.78 is 4.92. The molecule has 0 saturated heterocycles. The number of carbonyl (C=O) groups is 1. The summed E-state index contributed by atoms with van der Waals surface area (Å²) in [6, 6.07) is 1.93. The van der Waals surface area contributed by atoms with Gasteiger partial charge in [0.1, 0.15) is 0 Å². The van der Waals surface area contributed by atoms with E-state index in [1.807, 2.05) is 6.07 Å². The summed E-state index contributed by atoms with van der Waals surface area (Å²) in [6.45, 7) is 1.71. The van der Waals surface area contributed by atoms with E-state index in [-0.39, 0.29) is 5.91 Å². The average molecular weight is 196 g/mol. The molecule has 0 aliphatic rings. The highest BCUT2D eigenvalue weighted by atomic mass is 16.3. The summed E-state index contributed by atoms with van der Waals surface area (Å²) in [6.07, 6.45) is 5.68. The van der Waals surface area contributed by atoms with Crippen molar-refractivity contribution in [1.82, 2.24) is 5.32 Å². The third kappa shape index (κ3) is 4.67. The van der Waals surface area contributed by atoms with E-state index in [1.54, 1.807) is 12.5 Å². The minimum Gasteiger partial charge on any atom is -0.472 e. The van der Waals surface area contributed by atoms with Gasteiger partial charge in [-0.3, -0.25) is 4.79 Å². The predicted octanol–water partition coefficient (Wildman–Crippen LogP) is 1.02. The summed E-state index contributed by atoms with van der Waals surface area (Å²) in [5, 5.41) is 3.25. The van der Waals surface area contributed by atoms with Gasteiger partial charge < -0.3 is 15.5 Å². The lowest BCUT2D eigenvalue weighted by Gasteiger charge is -2.01. The molecule has 0 aliphatic heterocycles. The van der Waals surface area contributed by atoms with E-state index < -0.39 is 0 Å². The highest BCUT2D eigenvalue weighted by Crippen LogP contribution is 1.99. The largest absolute Gasteiger partial charge is 0.472 e. The Hall–Kier alpha value is -1.29. The van der Waals surface area contributed by atoms with E-state index in [0.717, 1.165) is 31.5 Å². The van der Waals surface area contributed by atoms with E-state index in [0.29, 0.717) is 6.42 Å². The van der Waals surface area contributed by atoms with Crippen LogP contribution in [0.3, 0.4) is 0 Å². The van der Waals surface area contributed by atoms with Crippen LogP contribution in [0.15, 0.2) is 23.0 Å². The second kappa shape index (κ2) is 6.21. The van der Waals surface area contributed by atoms with Crippen LogP contribution in [0.4, 0.5) is 0 Å². The fourth-order valence-electron chi connectivity index (χ4n) is 1.18. The summed E-state index contributed by atoms with van der Waals surface area (Å²) in [5.41, 5.74) is 6.15. The van der Waals surface area contributed by atoms with Gasteiger partial charge in [0.15, 0.2) is 0 Å². The van der Waals surface area contributed by atoms with E-state index in [1.165, 1.54) is 0 Å². The molecule has 0 aliphatic carbocycles. The number of nitrogens with one attached hydrogen (secondary N) is 1. The monoisotopic (exact) mass is 196 g/mol. The minimum atomic E-state index is -0.222. The molecule has 0 fully saturated rings. The lowest BCUT2D eigenvalue weighted by atomic mass is 10.2. The smallest absolute Gasteiger partial charge is 0.217 e. The topological polar surface area (TPSA) is 68.3 Å². The Morgan fingerprint density at radius 1 is 1.50 bits per heavy atom. The normalized spacial score (nSPS) is 10.3. The molecule has 0 bridgehead atoms. The minimum absolute atomic E-state index is 0.222. The van der Waals surface area contributed by atoms with E-state index >= 15 is 0 Å². The fourth-order valence-corrected chi connectivity index (χ4v) is 1.18. The van der Waals surface area contributed by atoms with Crippen molar-refractivity contribution >= 4 is 5.91 Å². The Kier molecular flexibility index (Phi) is 4.78. The quantitative estimate of drug-likeness (QED) is 0.640. The molecule has 0 saturated carbocycles. The zero-order chi connectivity index (χ0) is 10.2. The van der Waals surface area contributed by atoms with Gasteiger partial charge >= 0.3 is 0 Å². The number of hydrogen-bond donors (Lipinski definition) is 2. The molecule has 4 nitrogen and oxygen atoms in total. The molecule has 1 heterocycles. The van der Waals surface area contributed by atoms with Crippen molar-refractivity contribution in [3.63, 3.8) is 0 Å². The maximum Gasteiger partial charge on any atom is 0.217 e. The number of carbonyl (C=O) groups excluding carboxylic acids is 1. The van der Waals surface area contributed by atoms with Gasteiger partial charge in [-0.2, -0.15) is 0 Å². The molecule has 0 radical (unpaired) electrons. The number of hydrogen-bond acceptors (Lipinski definition) is 3. The van der Waals surface area contributed by atoms with Gasteiger partial charge in [0, 0.05) is 18.5 Å². The number of furan rings is 1. The van der Waals surface area contributed by atoms with Gasteiger partial charge in [-0.15, -0.1) is 0 Å². The Labute approximate surface area is 83.5 Å². The van der Waals surface area contributed by atoms with Crippen LogP contribution in [0.2, 0.25) is 0 Å². The van der Waals surface area contributed by atoms with Gasteiger partial charge in [0.05, 0.1) is 12.5 Å². The van der Waals surface area contributed by atoms with E-state index in [9.17, 15) is 4.79 Å². The molecule has 1 aromatic heterocycles. The van der Waals surface area contributed by atoms with Crippen molar-refractivity contribution in [2.24, 2.45) is 5.73 Å². The standard InChI is InChI=1S/C10H16N2O2/c11-10(13)3-1-2-5-12-7-9-4-6-14-8-9/h4,6,8,12H,1-3,5,7H2,(H2,11,13). The second-order valence-corrected chi connectivity index (χ2v) is 3.23. The summed E-state index contributed by atoms with van der Waals surface area (Å²) in [4.78, 5) is 10.4. The average Bonchev–Trinajstić information content (AvgIpc) is 2.63. The molecule has 0 aromatic carbocycles. The lowest BCUT2D eigenvalue weighted by molar-refractivity contribution is -0.118. The van der Waals surface area contributed by atoms with Gasteiger partial charge in [-0.25, -0.2) is 0 Å². The van der Waals surface area contributed by atoms with Crippen molar-refractivity contribution in [3.05, 3.63) is 24.2 Å². The third-order valence-electron chi connectivity index (χ3n) is 1.94. The molecule has 78 valence electrons. The number of amides is 1. The number of nitrogens with two attached hydrogens (primary N) is 1. The van der Waals surface area contributed by atoms with Gasteiger partial charge in [0.2, 0.25) is 5.91 Å². The molecule has 0 unspecified atom stereocenters. The maximum atomic E-state index is 10.4. The molecule has 1 aromatic rings. The maximum absolute atomic E-state index is 10.4. The Bertz CT molecular complexity index is 257. The van der Waals surface area contributed by atoms with Crippen LogP contribution in [-0.2, 0) is 11.3 Å². The van der Waals surface area contributed by atoms with Gasteiger partial charge in [-0.05, 0) is 25.5 Å². The summed E-state index contributed by atoms with van der Waals surface area (Å²) >= 11 is 0. The SMILES string of the molecule is NC(=O)CCCCNCc1ccoc1. The van der Waals surface area contributed by atoms with Crippen LogP contribution in [0.25, 0.3) is 0 Å². The van der Waals surface area contributed by atoms with E-state index in [2.05, 4.69) is 5.32 Å². The van der Waals surface area contributed by atoms with Crippen molar-refractivity contribution in [3.8, 4) is 0 Å². The first-order valence-electron chi connectivity index (χ1n) is 4.79. The second-order valence-electron chi connectivity index (χ2n) is 3.23. The number of unbranched alkanes of at least 4 members (excludes halogenated alkanes) is 1. The molecule has 4 heteroatoms. The summed E-state index contributed by atoms with van der Waals surface area (Å²) in [5.74, 6) is -0.222. The van der Waals surface area contributed by atoms with Gasteiger partial charge in [-0.1, -0.05) is 0 Å². The van der Waals surface area contributed by atoms with Gasteiger partial charge in [0.25, 0.3) is 0 Å². The van der Waals surface area contributed by atoms with Crippen molar-refractivity contribution in [2.45, 2.75) is 25.8 Å². The molecular formula is C10H16N2O2. The lowest BCUT2D eigenvalue weighted by Crippen LogP contribution is -2.15. The van der Waals surface area contributed by atoms with Crippen LogP contribution in [0, 0.1) is 0 Å². The van der Waals surface area contributed by atoms with E-state index in [4.69, 9.17) is 10.2 Å². The van der Waals surface area contributed by atoms with Crippen LogP contribution in [0.1, 0.15) is 24.8 Å². The highest BCUT2D eigenvalue weighted by Gasteiger charge is 1.95. The fraction of sp³-hybridized carbons (Fsp3) is 0.500. The predicted molar refractivity (Wildman–Crippen MR) is 53.5 cm³/mol. The molecule has 1 rings (SSSR count). The first-order chi connectivity index (χ1) is 6.79. The number of rotatable bonds is 7. The van der Waals surface area contributed by atoms with Crippen LogP contribution < -0.4 is 11.1 Å². The Balaban J connectivity index is 1.92. The molecule has 0 atom stereocenters. The summed E-state index contributed by atoms with van der Waals surface area (Å²) in [7, 11) is 0. The molecule has 0 spiro atoms. The van der Waals surface area contributed by atoms with Crippen LogP contribution >= 0.6 is 0 Å². The number of primary amides is 1. The third-order valence-corrected chi connectivity index (χ3v) is 1.94. The highest BCUT2D eigenvalue weighted by molar-refractivity contribution is 5.73. The Morgan fingerprint density at radius 3 is 3.00 bits per heavy atom. The van der Waals surface area contributed by atoms with Crippen molar-refractivity contribution in [1.29, 1.82) is 0 Å².